The van der Waals surface area contributed by atoms with Crippen LogP contribution in [0.15, 0.2) is 70.9 Å². The van der Waals surface area contributed by atoms with Crippen LogP contribution in [-0.2, 0) is 38.4 Å². The lowest BCUT2D eigenvalue weighted by Gasteiger charge is -2.60. The van der Waals surface area contributed by atoms with Gasteiger partial charge >= 0.3 is 0 Å². The summed E-state index contributed by atoms with van der Waals surface area (Å²) in [4.78, 5) is 101. The molecule has 18 heteroatoms. The highest BCUT2D eigenvalue weighted by Crippen LogP contribution is 2.73. The number of ketones is 8. The van der Waals surface area contributed by atoms with Crippen molar-refractivity contribution in [3.8, 4) is 0 Å². The highest BCUT2D eigenvalue weighted by atomic mass is 16.3. The minimum absolute atomic E-state index is 0.00277. The zero-order valence-electron chi connectivity index (χ0n) is 62.1. The topological polar surface area (TPSA) is 339 Å². The second kappa shape index (κ2) is 25.5. The fourth-order valence-electron chi connectivity index (χ4n) is 29.0. The van der Waals surface area contributed by atoms with E-state index in [1.54, 1.807) is 30.4 Å². The van der Waals surface area contributed by atoms with Gasteiger partial charge in [0.05, 0.1) is 24.4 Å². The van der Waals surface area contributed by atoms with E-state index in [4.69, 9.17) is 0 Å². The Morgan fingerprint density at radius 3 is 0.961 bits per heavy atom. The molecule has 0 heterocycles. The van der Waals surface area contributed by atoms with Gasteiger partial charge in [0.2, 0.25) is 0 Å². The van der Waals surface area contributed by atoms with Crippen LogP contribution in [0.5, 0.6) is 0 Å². The van der Waals surface area contributed by atoms with E-state index in [-0.39, 0.29) is 141 Å². The third-order valence-electron chi connectivity index (χ3n) is 34.3. The van der Waals surface area contributed by atoms with Crippen molar-refractivity contribution in [2.24, 2.45) is 114 Å². The Hall–Kier alpha value is -4.60. The fourth-order valence-corrected chi connectivity index (χ4v) is 29.0. The zero-order chi connectivity index (χ0) is 74.3. The van der Waals surface area contributed by atoms with Gasteiger partial charge in [-0.3, -0.25) is 38.4 Å². The van der Waals surface area contributed by atoms with Crippen LogP contribution in [0.3, 0.4) is 0 Å². The second-order valence-electron chi connectivity index (χ2n) is 38.0. The normalized spacial score (nSPS) is 50.7. The van der Waals surface area contributed by atoms with Gasteiger partial charge < -0.3 is 51.1 Å². The summed E-state index contributed by atoms with van der Waals surface area (Å²) in [6.07, 6.45) is 26.6. The zero-order valence-corrected chi connectivity index (χ0v) is 62.1. The number of hydrogen-bond donors (Lipinski definition) is 10. The Balaban J connectivity index is 0.000000145. The third kappa shape index (κ3) is 10.6. The standard InChI is InChI=1S/C43H58O8.C21H30O5.C21H28O5/c1-38-16-12-26(44)20-24(38)8-10-28-30-14-18-42(50,40(30,3)22-32(46)36(28)38)34(48)6-5-7-35(49)43(51)19-15-31-29-11-9-25-21-27(45)13-17-39(25,2)37(29)33(47)23-41(31,43)4;2*1-19-7-5-13(23)9-12(19)3-4-14-15-6-8-21(26,17(25)11-22)20(15,2)10-16(24)18(14)19/h12,16,20-21,28-33,36-37,46-47,50-51H,5-11,13-15,17-19,22-23H2,1-4H3;9,14-16,18,22,24,26H,3-8,10-11H2,1-2H3;5,7,9,14-16,18,22,24,26H,3-4,6,8,10-11H2,1-2H3/t28-,29-,30-,31-,32-,33-,36+,37+,38-,39-,40-,41-,42-,43-;2*14-,15-,16-,18+,19-,20-,21-/m000/s1. The van der Waals surface area contributed by atoms with Crippen LogP contribution in [0.2, 0.25) is 0 Å². The largest absolute Gasteiger partial charge is 0.393 e. The number of aliphatic hydroxyl groups is 10. The van der Waals surface area contributed by atoms with Gasteiger partial charge in [-0.2, -0.15) is 0 Å². The summed E-state index contributed by atoms with van der Waals surface area (Å²) in [6, 6.07) is 0. The third-order valence-corrected chi connectivity index (χ3v) is 34.3. The average Bonchev–Trinajstić information content (AvgIpc) is 1.65. The minimum atomic E-state index is -1.60. The van der Waals surface area contributed by atoms with Gasteiger partial charge in [-0.1, -0.05) is 89.8 Å². The van der Waals surface area contributed by atoms with E-state index in [1.807, 2.05) is 45.9 Å². The number of fused-ring (bicyclic) bond motifs is 20. The van der Waals surface area contributed by atoms with Gasteiger partial charge in [-0.05, 0) is 254 Å². The quantitative estimate of drug-likeness (QED) is 0.0975. The van der Waals surface area contributed by atoms with E-state index >= 15 is 0 Å². The minimum Gasteiger partial charge on any atom is -0.393 e. The number of allylic oxidation sites excluding steroid dienone is 10. The Morgan fingerprint density at radius 1 is 0.369 bits per heavy atom. The molecule has 16 aliphatic carbocycles. The molecule has 0 unspecified atom stereocenters. The van der Waals surface area contributed by atoms with Crippen LogP contribution in [0.1, 0.15) is 229 Å². The average molecular weight is 1430 g/mol. The lowest BCUT2D eigenvalue weighted by molar-refractivity contribution is -0.182. The van der Waals surface area contributed by atoms with Crippen molar-refractivity contribution >= 4 is 46.3 Å². The molecule has 0 amide bonds. The van der Waals surface area contributed by atoms with Crippen LogP contribution in [0, 0.1) is 114 Å². The predicted molar refractivity (Wildman–Crippen MR) is 380 cm³/mol. The smallest absolute Gasteiger partial charge is 0.190 e. The molecule has 0 aliphatic heterocycles. The maximum atomic E-state index is 14.0. The second-order valence-corrected chi connectivity index (χ2v) is 38.0. The van der Waals surface area contributed by atoms with Crippen LogP contribution in [0.25, 0.3) is 0 Å². The van der Waals surface area contributed by atoms with E-state index in [2.05, 4.69) is 27.7 Å². The molecule has 10 N–H and O–H groups in total. The van der Waals surface area contributed by atoms with Crippen LogP contribution < -0.4 is 0 Å². The molecule has 16 aliphatic rings. The van der Waals surface area contributed by atoms with Gasteiger partial charge in [-0.25, -0.2) is 0 Å². The van der Waals surface area contributed by atoms with Gasteiger partial charge in [0.25, 0.3) is 0 Å². The van der Waals surface area contributed by atoms with Crippen molar-refractivity contribution in [2.45, 2.75) is 276 Å². The van der Waals surface area contributed by atoms with E-state index < -0.39 is 98.7 Å². The number of hydrogen-bond acceptors (Lipinski definition) is 18. The summed E-state index contributed by atoms with van der Waals surface area (Å²) < 4.78 is 0. The lowest BCUT2D eigenvalue weighted by Crippen LogP contribution is -2.62. The monoisotopic (exact) mass is 1420 g/mol. The van der Waals surface area contributed by atoms with Crippen molar-refractivity contribution in [1.82, 2.24) is 0 Å². The summed E-state index contributed by atoms with van der Waals surface area (Å²) >= 11 is 0. The molecule has 0 saturated heterocycles. The summed E-state index contributed by atoms with van der Waals surface area (Å²) in [7, 11) is 0. The molecule has 12 fully saturated rings. The SMILES string of the molecule is C[C@]12C=CC(=O)C=C1CC[C@@H]1[C@@H]2[C@@H](O)C[C@@]2(C)[C@H]1CC[C@]2(O)C(=O)CCCC(=O)[C@@]1(O)CC[C@H]2[C@@H]3CCC4=CC(=O)CC[C@]4(C)[C@H]3[C@@H](O)C[C@@]21C.C[C@]12C=CC(=O)C=C1CC[C@@H]1[C@@H]2[C@@H](O)C[C@@]2(C)[C@H]1CC[C@]2(O)C(=O)CO.C[C@]12CCC(=O)C=C1CC[C@@H]1[C@@H]2[C@@H](O)C[C@@]2(C)[C@H]1CC[C@]2(O)C(=O)CO. The Labute approximate surface area is 606 Å². The summed E-state index contributed by atoms with van der Waals surface area (Å²) in [5.74, 6) is -0.119. The molecule has 0 aromatic heterocycles. The van der Waals surface area contributed by atoms with E-state index in [0.29, 0.717) is 77.0 Å². The molecule has 103 heavy (non-hydrogen) atoms. The molecule has 0 spiro atoms. The van der Waals surface area contributed by atoms with Crippen LogP contribution >= 0.6 is 0 Å². The number of Topliss-reactive ketones (excluding diaryl/α,β-unsaturated/α-hetero) is 4. The molecular weight excluding hydrogens is 1310 g/mol. The highest BCUT2D eigenvalue weighted by molar-refractivity contribution is 6.02. The summed E-state index contributed by atoms with van der Waals surface area (Å²) in [5.41, 5.74) is -5.96. The van der Waals surface area contributed by atoms with Crippen LogP contribution in [-0.4, -0.2) is 157 Å². The van der Waals surface area contributed by atoms with Gasteiger partial charge in [0, 0.05) is 70.0 Å². The van der Waals surface area contributed by atoms with Gasteiger partial charge in [-0.15, -0.1) is 0 Å². The van der Waals surface area contributed by atoms with Crippen molar-refractivity contribution in [3.05, 3.63) is 70.9 Å². The molecule has 28 atom stereocenters. The van der Waals surface area contributed by atoms with Gasteiger partial charge in [0.1, 0.15) is 35.6 Å². The molecule has 0 aromatic carbocycles. The Bertz CT molecular complexity index is 3770. The van der Waals surface area contributed by atoms with E-state index in [1.165, 1.54) is 5.57 Å². The number of rotatable bonds is 10. The summed E-state index contributed by atoms with van der Waals surface area (Å²) in [5, 5.41) is 111. The maximum absolute atomic E-state index is 14.0. The van der Waals surface area contributed by atoms with Crippen LogP contribution in [0.4, 0.5) is 0 Å². The van der Waals surface area contributed by atoms with Crippen molar-refractivity contribution < 1.29 is 89.4 Å². The number of carbonyl (C=O) groups excluding carboxylic acids is 8. The van der Waals surface area contributed by atoms with E-state index in [0.717, 1.165) is 93.8 Å². The first-order valence-electron chi connectivity index (χ1n) is 39.6. The number of carbonyl (C=O) groups is 8. The number of aliphatic hydroxyl groups excluding tert-OH is 6. The molecular formula is C85H116O18. The fraction of sp³-hybridized carbons (Fsp3) is 0.765. The molecule has 0 radical (unpaired) electrons. The molecule has 18 nitrogen and oxygen atoms in total. The first kappa shape index (κ1) is 75.2. The van der Waals surface area contributed by atoms with Crippen molar-refractivity contribution in [2.75, 3.05) is 13.2 Å². The highest BCUT2D eigenvalue weighted by Gasteiger charge is 2.73. The van der Waals surface area contributed by atoms with E-state index in [9.17, 15) is 89.4 Å². The Kier molecular flexibility index (Phi) is 18.6. The maximum Gasteiger partial charge on any atom is 0.190 e. The first-order valence-corrected chi connectivity index (χ1v) is 39.6. The molecule has 0 bridgehead atoms. The molecule has 0 aromatic rings. The lowest BCUT2D eigenvalue weighted by atomic mass is 9.45. The van der Waals surface area contributed by atoms with Crippen molar-refractivity contribution in [3.63, 3.8) is 0 Å². The van der Waals surface area contributed by atoms with Gasteiger partial charge in [0.15, 0.2) is 46.3 Å². The molecule has 564 valence electrons. The molecule has 16 rings (SSSR count). The first-order chi connectivity index (χ1) is 48.3. The molecule has 12 saturated carbocycles. The van der Waals surface area contributed by atoms with Crippen molar-refractivity contribution in [1.29, 1.82) is 0 Å². The summed E-state index contributed by atoms with van der Waals surface area (Å²) in [6.45, 7) is 15.1. The Morgan fingerprint density at radius 2 is 0.650 bits per heavy atom. The predicted octanol–water partition coefficient (Wildman–Crippen LogP) is 8.88.